The van der Waals surface area contributed by atoms with Gasteiger partial charge in [0.25, 0.3) is 0 Å². The molecule has 1 unspecified atom stereocenters. The second-order valence-electron chi connectivity index (χ2n) is 5.25. The maximum Gasteiger partial charge on any atom is 0.229 e. The summed E-state index contributed by atoms with van der Waals surface area (Å²) in [6.07, 6.45) is 1.64. The third-order valence-electron chi connectivity index (χ3n) is 3.73. The zero-order chi connectivity index (χ0) is 15.4. The minimum absolute atomic E-state index is 0.0150. The molecule has 0 aliphatic carbocycles. The summed E-state index contributed by atoms with van der Waals surface area (Å²) in [7, 11) is 1.54. The summed E-state index contributed by atoms with van der Waals surface area (Å²) in [5, 5.41) is 2.85. The number of hydrogen-bond donors (Lipinski definition) is 2. The molecular weight excluding hydrogens is 270 g/mol. The van der Waals surface area contributed by atoms with Crippen molar-refractivity contribution in [2.45, 2.75) is 19.8 Å². The van der Waals surface area contributed by atoms with Gasteiger partial charge in [0.15, 0.2) is 0 Å². The SMILES string of the molecule is COc1ccc(NC(=O)C2CCCN(C(C)=O)C2)cc1N. The third-order valence-corrected chi connectivity index (χ3v) is 3.73. The van der Waals surface area contributed by atoms with Crippen molar-refractivity contribution < 1.29 is 14.3 Å². The fourth-order valence-electron chi connectivity index (χ4n) is 2.53. The van der Waals surface area contributed by atoms with Crippen LogP contribution in [0.15, 0.2) is 18.2 Å². The molecule has 114 valence electrons. The van der Waals surface area contributed by atoms with Crippen LogP contribution in [0.25, 0.3) is 0 Å². The van der Waals surface area contributed by atoms with E-state index in [9.17, 15) is 9.59 Å². The molecule has 6 nitrogen and oxygen atoms in total. The number of amides is 2. The minimum atomic E-state index is -0.175. The zero-order valence-electron chi connectivity index (χ0n) is 12.4. The van der Waals surface area contributed by atoms with Crippen LogP contribution >= 0.6 is 0 Å². The fourth-order valence-corrected chi connectivity index (χ4v) is 2.53. The van der Waals surface area contributed by atoms with Gasteiger partial charge in [-0.3, -0.25) is 9.59 Å². The molecule has 21 heavy (non-hydrogen) atoms. The molecule has 0 radical (unpaired) electrons. The molecule has 0 spiro atoms. The van der Waals surface area contributed by atoms with E-state index in [1.807, 2.05) is 0 Å². The van der Waals surface area contributed by atoms with E-state index in [0.29, 0.717) is 23.7 Å². The molecule has 3 N–H and O–H groups in total. The Balaban J connectivity index is 2.00. The number of likely N-dealkylation sites (tertiary alicyclic amines) is 1. The maximum absolute atomic E-state index is 12.3. The number of nitrogens with one attached hydrogen (secondary N) is 1. The van der Waals surface area contributed by atoms with E-state index in [2.05, 4.69) is 5.32 Å². The van der Waals surface area contributed by atoms with Crippen LogP contribution in [0.2, 0.25) is 0 Å². The van der Waals surface area contributed by atoms with Crippen LogP contribution in [-0.4, -0.2) is 36.9 Å². The van der Waals surface area contributed by atoms with Crippen LogP contribution in [0.3, 0.4) is 0 Å². The number of anilines is 2. The minimum Gasteiger partial charge on any atom is -0.495 e. The lowest BCUT2D eigenvalue weighted by Crippen LogP contribution is -2.42. The highest BCUT2D eigenvalue weighted by Gasteiger charge is 2.27. The average Bonchev–Trinajstić information content (AvgIpc) is 2.47. The number of nitrogen functional groups attached to an aromatic ring is 1. The quantitative estimate of drug-likeness (QED) is 0.826. The van der Waals surface area contributed by atoms with Gasteiger partial charge < -0.3 is 20.7 Å². The van der Waals surface area contributed by atoms with Crippen molar-refractivity contribution in [2.24, 2.45) is 5.92 Å². The summed E-state index contributed by atoms with van der Waals surface area (Å²) in [5.74, 6) is 0.339. The number of nitrogens with two attached hydrogens (primary N) is 1. The Labute approximate surface area is 124 Å². The van der Waals surface area contributed by atoms with Crippen LogP contribution in [0.4, 0.5) is 11.4 Å². The van der Waals surface area contributed by atoms with Crippen molar-refractivity contribution in [2.75, 3.05) is 31.2 Å². The third kappa shape index (κ3) is 3.65. The Morgan fingerprint density at radius 2 is 2.19 bits per heavy atom. The molecule has 1 aromatic rings. The molecule has 1 heterocycles. The average molecular weight is 291 g/mol. The normalized spacial score (nSPS) is 18.2. The molecule has 0 bridgehead atoms. The van der Waals surface area contributed by atoms with Crippen molar-refractivity contribution >= 4 is 23.2 Å². The monoisotopic (exact) mass is 291 g/mol. The van der Waals surface area contributed by atoms with Crippen molar-refractivity contribution in [1.29, 1.82) is 0 Å². The lowest BCUT2D eigenvalue weighted by Gasteiger charge is -2.31. The standard InChI is InChI=1S/C15H21N3O3/c1-10(19)18-7-3-4-11(9-18)15(20)17-12-5-6-14(21-2)13(16)8-12/h5-6,8,11H,3-4,7,9,16H2,1-2H3,(H,17,20). The number of benzene rings is 1. The Bertz CT molecular complexity index is 545. The number of nitrogens with zero attached hydrogens (tertiary/aromatic N) is 1. The second-order valence-corrected chi connectivity index (χ2v) is 5.25. The van der Waals surface area contributed by atoms with Crippen molar-refractivity contribution in [3.63, 3.8) is 0 Å². The van der Waals surface area contributed by atoms with Crippen LogP contribution < -0.4 is 15.8 Å². The lowest BCUT2D eigenvalue weighted by molar-refractivity contribution is -0.132. The first-order chi connectivity index (χ1) is 10.0. The van der Waals surface area contributed by atoms with Gasteiger partial charge in [-0.15, -0.1) is 0 Å². The Hall–Kier alpha value is -2.24. The van der Waals surface area contributed by atoms with E-state index in [1.54, 1.807) is 30.2 Å². The highest BCUT2D eigenvalue weighted by molar-refractivity contribution is 5.93. The first kappa shape index (κ1) is 15.2. The molecule has 1 aliphatic heterocycles. The summed E-state index contributed by atoms with van der Waals surface area (Å²) < 4.78 is 5.08. The fraction of sp³-hybridized carbons (Fsp3) is 0.467. The van der Waals surface area contributed by atoms with E-state index in [-0.39, 0.29) is 17.7 Å². The molecule has 1 aromatic carbocycles. The summed E-state index contributed by atoms with van der Waals surface area (Å²) in [6.45, 7) is 2.74. The molecule has 0 saturated carbocycles. The number of ether oxygens (including phenoxy) is 1. The Morgan fingerprint density at radius 3 is 2.81 bits per heavy atom. The lowest BCUT2D eigenvalue weighted by atomic mass is 9.97. The van der Waals surface area contributed by atoms with Gasteiger partial charge in [0.05, 0.1) is 18.7 Å². The first-order valence-electron chi connectivity index (χ1n) is 7.01. The van der Waals surface area contributed by atoms with Crippen molar-refractivity contribution in [3.8, 4) is 5.75 Å². The number of hydrogen-bond acceptors (Lipinski definition) is 4. The molecule has 1 atom stereocenters. The second kappa shape index (κ2) is 6.47. The van der Waals surface area contributed by atoms with Gasteiger partial charge in [0.1, 0.15) is 5.75 Å². The van der Waals surface area contributed by atoms with E-state index in [1.165, 1.54) is 6.92 Å². The van der Waals surface area contributed by atoms with Crippen LogP contribution in [0, 0.1) is 5.92 Å². The van der Waals surface area contributed by atoms with Crippen molar-refractivity contribution in [3.05, 3.63) is 18.2 Å². The summed E-state index contributed by atoms with van der Waals surface area (Å²) in [4.78, 5) is 25.4. The van der Waals surface area contributed by atoms with Gasteiger partial charge in [-0.1, -0.05) is 0 Å². The highest BCUT2D eigenvalue weighted by atomic mass is 16.5. The first-order valence-corrected chi connectivity index (χ1v) is 7.01. The Kier molecular flexibility index (Phi) is 4.67. The molecule has 0 aromatic heterocycles. The topological polar surface area (TPSA) is 84.7 Å². The number of rotatable bonds is 3. The molecule has 6 heteroatoms. The van der Waals surface area contributed by atoms with E-state index >= 15 is 0 Å². The van der Waals surface area contributed by atoms with Gasteiger partial charge >= 0.3 is 0 Å². The summed E-state index contributed by atoms with van der Waals surface area (Å²) in [6, 6.07) is 5.13. The zero-order valence-corrected chi connectivity index (χ0v) is 12.4. The number of carbonyl (C=O) groups is 2. The molecule has 1 aliphatic rings. The molecular formula is C15H21N3O3. The Morgan fingerprint density at radius 1 is 1.43 bits per heavy atom. The van der Waals surface area contributed by atoms with Gasteiger partial charge in [-0.05, 0) is 31.0 Å². The number of carbonyl (C=O) groups excluding carboxylic acids is 2. The van der Waals surface area contributed by atoms with Crippen molar-refractivity contribution in [1.82, 2.24) is 4.90 Å². The molecule has 2 amide bonds. The molecule has 2 rings (SSSR count). The highest BCUT2D eigenvalue weighted by Crippen LogP contribution is 2.25. The van der Waals surface area contributed by atoms with Gasteiger partial charge in [0.2, 0.25) is 11.8 Å². The van der Waals surface area contributed by atoms with E-state index in [0.717, 1.165) is 19.4 Å². The predicted octanol–water partition coefficient (Wildman–Crippen LogP) is 1.47. The van der Waals surface area contributed by atoms with Gasteiger partial charge in [-0.25, -0.2) is 0 Å². The number of methoxy groups -OCH3 is 1. The number of piperidine rings is 1. The van der Waals surface area contributed by atoms with Crippen LogP contribution in [0.1, 0.15) is 19.8 Å². The van der Waals surface area contributed by atoms with Crippen LogP contribution in [0.5, 0.6) is 5.75 Å². The summed E-state index contributed by atoms with van der Waals surface area (Å²) in [5.41, 5.74) is 6.93. The molecule has 1 saturated heterocycles. The maximum atomic E-state index is 12.3. The van der Waals surface area contributed by atoms with E-state index in [4.69, 9.17) is 10.5 Å². The summed E-state index contributed by atoms with van der Waals surface area (Å²) >= 11 is 0. The predicted molar refractivity (Wildman–Crippen MR) is 81.0 cm³/mol. The smallest absolute Gasteiger partial charge is 0.229 e. The van der Waals surface area contributed by atoms with Gasteiger partial charge in [0, 0.05) is 25.7 Å². The molecule has 1 fully saturated rings. The van der Waals surface area contributed by atoms with Gasteiger partial charge in [-0.2, -0.15) is 0 Å². The van der Waals surface area contributed by atoms with Crippen LogP contribution in [-0.2, 0) is 9.59 Å². The van der Waals surface area contributed by atoms with E-state index < -0.39 is 0 Å². The largest absolute Gasteiger partial charge is 0.495 e.